The Kier molecular flexibility index (Phi) is 7.93. The number of aromatic amines is 1. The zero-order valence-corrected chi connectivity index (χ0v) is 22.0. The highest BCUT2D eigenvalue weighted by atomic mass is 19.1. The molecular weight excluding hydrogens is 479 g/mol. The van der Waals surface area contributed by atoms with Gasteiger partial charge in [-0.1, -0.05) is 24.3 Å². The summed E-state index contributed by atoms with van der Waals surface area (Å²) in [6, 6.07) is 13.1. The second-order valence-corrected chi connectivity index (χ2v) is 10.9. The molecule has 1 unspecified atom stereocenters. The van der Waals surface area contributed by atoms with Gasteiger partial charge in [-0.3, -0.25) is 9.59 Å². The van der Waals surface area contributed by atoms with E-state index in [0.717, 1.165) is 44.1 Å². The maximum absolute atomic E-state index is 13.6. The van der Waals surface area contributed by atoms with Gasteiger partial charge in [-0.25, -0.2) is 4.39 Å². The van der Waals surface area contributed by atoms with Gasteiger partial charge in [-0.2, -0.15) is 0 Å². The van der Waals surface area contributed by atoms with Crippen LogP contribution in [0.25, 0.3) is 17.0 Å². The number of nitrogens with zero attached hydrogens (tertiary/aromatic N) is 1. The summed E-state index contributed by atoms with van der Waals surface area (Å²) in [6.07, 6.45) is 10.9. The van der Waals surface area contributed by atoms with Crippen LogP contribution >= 0.6 is 0 Å². The topological polar surface area (TPSA) is 91.2 Å². The Morgan fingerprint density at radius 1 is 1.08 bits per heavy atom. The molecule has 3 aromatic rings. The molecule has 2 aromatic carbocycles. The van der Waals surface area contributed by atoms with Gasteiger partial charge < -0.3 is 20.9 Å². The third kappa shape index (κ3) is 5.99. The summed E-state index contributed by atoms with van der Waals surface area (Å²) in [7, 11) is 0. The van der Waals surface area contributed by atoms with Crippen LogP contribution in [-0.2, 0) is 9.59 Å². The summed E-state index contributed by atoms with van der Waals surface area (Å²) < 4.78 is 13.6. The number of carbonyl (C=O) groups is 2. The Morgan fingerprint density at radius 2 is 1.82 bits per heavy atom. The minimum absolute atomic E-state index is 0.0930. The molecule has 2 heterocycles. The van der Waals surface area contributed by atoms with Crippen LogP contribution in [0.2, 0.25) is 0 Å². The number of benzene rings is 2. The van der Waals surface area contributed by atoms with Crippen molar-refractivity contribution in [1.29, 1.82) is 0 Å². The quantitative estimate of drug-likeness (QED) is 0.385. The van der Waals surface area contributed by atoms with Crippen LogP contribution in [0, 0.1) is 18.7 Å². The Morgan fingerprint density at radius 3 is 2.53 bits per heavy atom. The van der Waals surface area contributed by atoms with Gasteiger partial charge in [0.25, 0.3) is 0 Å². The van der Waals surface area contributed by atoms with E-state index in [2.05, 4.69) is 40.8 Å². The zero-order valence-electron chi connectivity index (χ0n) is 22.0. The first-order valence-electron chi connectivity index (χ1n) is 13.7. The molecule has 1 saturated carbocycles. The Labute approximate surface area is 223 Å². The third-order valence-electron chi connectivity index (χ3n) is 8.32. The molecule has 4 N–H and O–H groups in total. The molecule has 0 radical (unpaired) electrons. The van der Waals surface area contributed by atoms with E-state index < -0.39 is 0 Å². The van der Waals surface area contributed by atoms with E-state index in [1.165, 1.54) is 34.7 Å². The van der Waals surface area contributed by atoms with Gasteiger partial charge in [-0.05, 0) is 98.2 Å². The van der Waals surface area contributed by atoms with Crippen molar-refractivity contribution in [3.63, 3.8) is 0 Å². The fourth-order valence-corrected chi connectivity index (χ4v) is 6.29. The van der Waals surface area contributed by atoms with Crippen molar-refractivity contribution < 1.29 is 14.0 Å². The molecule has 2 fully saturated rings. The van der Waals surface area contributed by atoms with Crippen molar-refractivity contribution in [3.8, 4) is 0 Å². The summed E-state index contributed by atoms with van der Waals surface area (Å²) in [5.41, 5.74) is 9.91. The van der Waals surface area contributed by atoms with Crippen LogP contribution in [0.15, 0.2) is 54.7 Å². The minimum atomic E-state index is -0.382. The average molecular weight is 517 g/mol. The number of nitrogens with two attached hydrogens (primary N) is 1. The molecule has 2 aliphatic rings. The van der Waals surface area contributed by atoms with Crippen LogP contribution in [0.5, 0.6) is 0 Å². The van der Waals surface area contributed by atoms with Crippen LogP contribution < -0.4 is 11.1 Å². The summed E-state index contributed by atoms with van der Waals surface area (Å²) in [4.78, 5) is 30.3. The van der Waals surface area contributed by atoms with Crippen LogP contribution in [0.1, 0.15) is 61.1 Å². The summed E-state index contributed by atoms with van der Waals surface area (Å²) >= 11 is 0. The van der Waals surface area contributed by atoms with Crippen LogP contribution in [0.4, 0.5) is 4.39 Å². The number of amides is 2. The van der Waals surface area contributed by atoms with Crippen molar-refractivity contribution in [2.75, 3.05) is 13.1 Å². The number of hydrogen-bond donors (Lipinski definition) is 3. The minimum Gasteiger partial charge on any atom is -0.368 e. The van der Waals surface area contributed by atoms with Gasteiger partial charge in [0.1, 0.15) is 5.82 Å². The largest absolute Gasteiger partial charge is 0.368 e. The molecule has 7 heteroatoms. The molecule has 38 heavy (non-hydrogen) atoms. The molecule has 1 aliphatic heterocycles. The lowest BCUT2D eigenvalue weighted by Crippen LogP contribution is -2.54. The number of carbonyl (C=O) groups excluding carboxylic acids is 2. The first-order chi connectivity index (χ1) is 18.4. The van der Waals surface area contributed by atoms with Crippen LogP contribution in [0.3, 0.4) is 0 Å². The Balaban J connectivity index is 1.12. The number of fused-ring (bicyclic) bond motifs is 1. The smallest absolute Gasteiger partial charge is 0.246 e. The lowest BCUT2D eigenvalue weighted by Gasteiger charge is -2.38. The number of para-hydroxylation sites is 1. The fourth-order valence-electron chi connectivity index (χ4n) is 6.29. The third-order valence-corrected chi connectivity index (χ3v) is 8.32. The molecular formula is C31H37FN4O2. The fraction of sp³-hybridized carbons (Fsp3) is 0.419. The summed E-state index contributed by atoms with van der Waals surface area (Å²) in [6.45, 7) is 2.98. The molecule has 2 amide bonds. The van der Waals surface area contributed by atoms with Gasteiger partial charge in [0.15, 0.2) is 0 Å². The summed E-state index contributed by atoms with van der Waals surface area (Å²) in [5, 5.41) is 4.90. The van der Waals surface area contributed by atoms with E-state index >= 15 is 0 Å². The normalized spacial score (nSPS) is 21.7. The SMILES string of the molecule is Cc1cc(F)cc(/C=C/C(=O)N2CCC(C(N[C@H]3CC[C@@H](c4c[nH]c5ccccc54)CC3)C(N)=O)CC2)c1. The predicted molar refractivity (Wildman–Crippen MR) is 149 cm³/mol. The lowest BCUT2D eigenvalue weighted by molar-refractivity contribution is -0.128. The van der Waals surface area contributed by atoms with Crippen molar-refractivity contribution in [1.82, 2.24) is 15.2 Å². The Bertz CT molecular complexity index is 1300. The lowest BCUT2D eigenvalue weighted by atomic mass is 9.80. The van der Waals surface area contributed by atoms with Gasteiger partial charge in [0.05, 0.1) is 6.04 Å². The first-order valence-corrected chi connectivity index (χ1v) is 13.7. The number of H-pyrrole nitrogens is 1. The van der Waals surface area contributed by atoms with Crippen molar-refractivity contribution in [3.05, 3.63) is 77.2 Å². The zero-order chi connectivity index (χ0) is 26.6. The molecule has 1 aliphatic carbocycles. The van der Waals surface area contributed by atoms with E-state index in [0.29, 0.717) is 24.6 Å². The number of piperidine rings is 1. The van der Waals surface area contributed by atoms with E-state index in [1.807, 2.05) is 13.0 Å². The second-order valence-electron chi connectivity index (χ2n) is 10.9. The monoisotopic (exact) mass is 516 g/mol. The molecule has 0 spiro atoms. The van der Waals surface area contributed by atoms with E-state index in [4.69, 9.17) is 5.73 Å². The number of primary amides is 1. The van der Waals surface area contributed by atoms with Crippen molar-refractivity contribution in [2.45, 2.75) is 63.5 Å². The number of likely N-dealkylation sites (tertiary alicyclic amines) is 1. The van der Waals surface area contributed by atoms with Gasteiger partial charge in [0.2, 0.25) is 11.8 Å². The molecule has 6 nitrogen and oxygen atoms in total. The number of hydrogen-bond acceptors (Lipinski definition) is 3. The molecule has 5 rings (SSSR count). The number of nitrogens with one attached hydrogen (secondary N) is 2. The predicted octanol–water partition coefficient (Wildman–Crippen LogP) is 5.04. The van der Waals surface area contributed by atoms with Crippen LogP contribution in [-0.4, -0.2) is 46.9 Å². The highest BCUT2D eigenvalue weighted by Crippen LogP contribution is 2.37. The highest BCUT2D eigenvalue weighted by molar-refractivity contribution is 5.92. The second kappa shape index (κ2) is 11.5. The van der Waals surface area contributed by atoms with E-state index in [-0.39, 0.29) is 35.6 Å². The Hall–Kier alpha value is -3.45. The van der Waals surface area contributed by atoms with Gasteiger partial charge in [0, 0.05) is 42.3 Å². The molecule has 1 saturated heterocycles. The van der Waals surface area contributed by atoms with E-state index in [1.54, 1.807) is 11.0 Å². The number of halogens is 1. The maximum Gasteiger partial charge on any atom is 0.246 e. The molecule has 200 valence electrons. The number of rotatable bonds is 7. The number of aromatic nitrogens is 1. The van der Waals surface area contributed by atoms with Gasteiger partial charge in [-0.15, -0.1) is 0 Å². The average Bonchev–Trinajstić information content (AvgIpc) is 3.34. The summed E-state index contributed by atoms with van der Waals surface area (Å²) in [5.74, 6) is -0.0821. The molecule has 1 atom stereocenters. The number of aryl methyl sites for hydroxylation is 1. The maximum atomic E-state index is 13.6. The molecule has 0 bridgehead atoms. The highest BCUT2D eigenvalue weighted by Gasteiger charge is 2.34. The van der Waals surface area contributed by atoms with Crippen molar-refractivity contribution >= 4 is 28.8 Å². The van der Waals surface area contributed by atoms with Crippen molar-refractivity contribution in [2.24, 2.45) is 11.7 Å². The first kappa shape index (κ1) is 26.2. The van der Waals surface area contributed by atoms with E-state index in [9.17, 15) is 14.0 Å². The molecule has 1 aromatic heterocycles. The van der Waals surface area contributed by atoms with Gasteiger partial charge >= 0.3 is 0 Å². The standard InChI is InChI=1S/C31H37FN4O2/c1-20-16-21(18-24(32)17-20)6-11-29(37)36-14-12-23(13-15-36)30(31(33)38)35-25-9-7-22(8-10-25)27-19-34-28-5-3-2-4-26(27)28/h2-6,11,16-19,22-23,25,30,34-35H,7-10,12-15H2,1H3,(H2,33,38)/b11-6+/t22-,25+,30?.